The maximum atomic E-state index is 5.99. The number of thiophene rings is 1. The van der Waals surface area contributed by atoms with E-state index in [1.54, 1.807) is 18.4 Å². The number of ether oxygens (including phenoxy) is 1. The van der Waals surface area contributed by atoms with Crippen molar-refractivity contribution < 1.29 is 4.74 Å². The van der Waals surface area contributed by atoms with E-state index in [-0.39, 0.29) is 0 Å². The first kappa shape index (κ1) is 13.6. The molecule has 2 aromatic heterocycles. The number of aryl methyl sites for hydroxylation is 1. The quantitative estimate of drug-likeness (QED) is 0.664. The molecule has 0 spiro atoms. The maximum absolute atomic E-state index is 5.99. The molecule has 0 aliphatic heterocycles. The lowest BCUT2D eigenvalue weighted by Crippen LogP contribution is -1.98. The first-order chi connectivity index (χ1) is 9.67. The average molecular weight is 397 g/mol. The number of fused-ring (bicyclic) bond motifs is 1. The minimum absolute atomic E-state index is 0.570. The number of anilines is 1. The summed E-state index contributed by atoms with van der Waals surface area (Å²) < 4.78 is 7.04. The summed E-state index contributed by atoms with van der Waals surface area (Å²) in [4.78, 5) is 11.0. The monoisotopic (exact) mass is 397 g/mol. The number of benzene rings is 1. The third-order valence-electron chi connectivity index (χ3n) is 2.75. The Bertz CT molecular complexity index is 772. The molecule has 3 rings (SSSR count). The lowest BCUT2D eigenvalue weighted by atomic mass is 10.3. The van der Waals surface area contributed by atoms with Gasteiger partial charge in [-0.25, -0.2) is 4.98 Å². The van der Waals surface area contributed by atoms with E-state index in [2.05, 4.69) is 50.9 Å². The van der Waals surface area contributed by atoms with Crippen molar-refractivity contribution >= 4 is 50.1 Å². The summed E-state index contributed by atoms with van der Waals surface area (Å²) in [5.41, 5.74) is 0. The van der Waals surface area contributed by atoms with Crippen LogP contribution in [0.3, 0.4) is 0 Å². The van der Waals surface area contributed by atoms with E-state index in [1.807, 2.05) is 24.3 Å². The molecule has 6 heteroatoms. The predicted octanol–water partition coefficient (Wildman–Crippen LogP) is 4.44. The smallest absolute Gasteiger partial charge is 0.232 e. The van der Waals surface area contributed by atoms with Gasteiger partial charge in [0, 0.05) is 11.9 Å². The fourth-order valence-corrected chi connectivity index (χ4v) is 3.20. The van der Waals surface area contributed by atoms with Gasteiger partial charge < -0.3 is 10.1 Å². The Morgan fingerprint density at radius 1 is 1.25 bits per heavy atom. The number of para-hydroxylation sites is 1. The van der Waals surface area contributed by atoms with Crippen LogP contribution in [0.2, 0.25) is 0 Å². The molecule has 3 aromatic rings. The SMILES string of the molecule is CNc1nc(Oc2ccccc2I)c2cc(C)sc2n1. The fourth-order valence-electron chi connectivity index (χ4n) is 1.84. The normalized spacial score (nSPS) is 10.8. The van der Waals surface area contributed by atoms with Crippen LogP contribution in [0, 0.1) is 10.5 Å². The highest BCUT2D eigenvalue weighted by Gasteiger charge is 2.13. The number of aromatic nitrogens is 2. The van der Waals surface area contributed by atoms with Gasteiger partial charge in [0.2, 0.25) is 11.8 Å². The van der Waals surface area contributed by atoms with Crippen LogP contribution in [0.1, 0.15) is 4.88 Å². The summed E-state index contributed by atoms with van der Waals surface area (Å²) in [5.74, 6) is 1.96. The zero-order valence-corrected chi connectivity index (χ0v) is 13.9. The molecule has 0 amide bonds. The molecule has 102 valence electrons. The average Bonchev–Trinajstić information content (AvgIpc) is 2.81. The third-order valence-corrected chi connectivity index (χ3v) is 4.58. The number of nitrogens with zero attached hydrogens (tertiary/aromatic N) is 2. The molecule has 4 nitrogen and oxygen atoms in total. The Labute approximate surface area is 134 Å². The van der Waals surface area contributed by atoms with Gasteiger partial charge in [0.15, 0.2) is 0 Å². The van der Waals surface area contributed by atoms with Crippen molar-refractivity contribution in [3.05, 3.63) is 38.8 Å². The van der Waals surface area contributed by atoms with Crippen LogP contribution in [0.25, 0.3) is 10.2 Å². The van der Waals surface area contributed by atoms with E-state index in [0.29, 0.717) is 11.8 Å². The molecule has 0 atom stereocenters. The molecule has 0 saturated heterocycles. The summed E-state index contributed by atoms with van der Waals surface area (Å²) in [7, 11) is 1.80. The van der Waals surface area contributed by atoms with Crippen LogP contribution in [-0.4, -0.2) is 17.0 Å². The third kappa shape index (κ3) is 2.57. The van der Waals surface area contributed by atoms with E-state index in [9.17, 15) is 0 Å². The standard InChI is InChI=1S/C14H12IN3OS/c1-8-7-9-12(17-14(16-2)18-13(9)20-8)19-11-6-4-3-5-10(11)15/h3-7H,1-2H3,(H,16,17,18). The molecule has 2 heterocycles. The summed E-state index contributed by atoms with van der Waals surface area (Å²) in [6, 6.07) is 9.94. The van der Waals surface area contributed by atoms with Crippen LogP contribution in [0.15, 0.2) is 30.3 Å². The van der Waals surface area contributed by atoms with Gasteiger partial charge in [0.25, 0.3) is 0 Å². The van der Waals surface area contributed by atoms with E-state index in [0.717, 1.165) is 19.5 Å². The van der Waals surface area contributed by atoms with Crippen LogP contribution < -0.4 is 10.1 Å². The largest absolute Gasteiger partial charge is 0.437 e. The molecule has 0 aliphatic rings. The first-order valence-electron chi connectivity index (χ1n) is 6.05. The topological polar surface area (TPSA) is 47.0 Å². The number of hydrogen-bond acceptors (Lipinski definition) is 5. The Hall–Kier alpha value is -1.41. The molecule has 0 unspecified atom stereocenters. The van der Waals surface area contributed by atoms with E-state index >= 15 is 0 Å². The first-order valence-corrected chi connectivity index (χ1v) is 7.95. The molecule has 0 aliphatic carbocycles. The molecule has 20 heavy (non-hydrogen) atoms. The van der Waals surface area contributed by atoms with Crippen LogP contribution in [0.4, 0.5) is 5.95 Å². The van der Waals surface area contributed by atoms with Crippen molar-refractivity contribution in [3.8, 4) is 11.6 Å². The highest BCUT2D eigenvalue weighted by atomic mass is 127. The molecular formula is C14H12IN3OS. The van der Waals surface area contributed by atoms with E-state index in [4.69, 9.17) is 4.74 Å². The van der Waals surface area contributed by atoms with Crippen LogP contribution >= 0.6 is 33.9 Å². The summed E-state index contributed by atoms with van der Waals surface area (Å²) in [6.07, 6.45) is 0. The molecule has 1 N–H and O–H groups in total. The molecule has 0 saturated carbocycles. The molecule has 0 fully saturated rings. The van der Waals surface area contributed by atoms with Crippen molar-refractivity contribution in [1.29, 1.82) is 0 Å². The number of halogens is 1. The van der Waals surface area contributed by atoms with Gasteiger partial charge >= 0.3 is 0 Å². The van der Waals surface area contributed by atoms with Crippen LogP contribution in [0.5, 0.6) is 11.6 Å². The van der Waals surface area contributed by atoms with Crippen molar-refractivity contribution in [2.45, 2.75) is 6.92 Å². The van der Waals surface area contributed by atoms with Gasteiger partial charge in [-0.2, -0.15) is 4.98 Å². The van der Waals surface area contributed by atoms with Gasteiger partial charge in [-0.3, -0.25) is 0 Å². The summed E-state index contributed by atoms with van der Waals surface area (Å²) >= 11 is 3.89. The fraction of sp³-hybridized carbons (Fsp3) is 0.143. The molecule has 0 radical (unpaired) electrons. The minimum atomic E-state index is 0.570. The predicted molar refractivity (Wildman–Crippen MR) is 90.9 cm³/mol. The van der Waals surface area contributed by atoms with Gasteiger partial charge in [0.1, 0.15) is 10.6 Å². The minimum Gasteiger partial charge on any atom is -0.437 e. The van der Waals surface area contributed by atoms with Gasteiger partial charge in [-0.1, -0.05) is 12.1 Å². The second-order valence-corrected chi connectivity index (χ2v) is 6.61. The number of rotatable bonds is 3. The van der Waals surface area contributed by atoms with Crippen molar-refractivity contribution in [3.63, 3.8) is 0 Å². The second-order valence-electron chi connectivity index (χ2n) is 4.21. The second kappa shape index (κ2) is 5.53. The Morgan fingerprint density at radius 2 is 2.05 bits per heavy atom. The number of nitrogens with one attached hydrogen (secondary N) is 1. The lowest BCUT2D eigenvalue weighted by Gasteiger charge is -2.08. The Balaban J connectivity index is 2.12. The Kier molecular flexibility index (Phi) is 3.75. The van der Waals surface area contributed by atoms with Crippen molar-refractivity contribution in [2.75, 3.05) is 12.4 Å². The van der Waals surface area contributed by atoms with Gasteiger partial charge in [-0.15, -0.1) is 11.3 Å². The summed E-state index contributed by atoms with van der Waals surface area (Å²) in [6.45, 7) is 2.06. The maximum Gasteiger partial charge on any atom is 0.232 e. The molecule has 1 aromatic carbocycles. The Morgan fingerprint density at radius 3 is 2.80 bits per heavy atom. The number of hydrogen-bond donors (Lipinski definition) is 1. The summed E-state index contributed by atoms with van der Waals surface area (Å²) in [5, 5.41) is 3.92. The van der Waals surface area contributed by atoms with E-state index < -0.39 is 0 Å². The van der Waals surface area contributed by atoms with Crippen molar-refractivity contribution in [2.24, 2.45) is 0 Å². The van der Waals surface area contributed by atoms with Gasteiger partial charge in [0.05, 0.1) is 8.96 Å². The zero-order chi connectivity index (χ0) is 14.1. The van der Waals surface area contributed by atoms with E-state index in [1.165, 1.54) is 4.88 Å². The highest BCUT2D eigenvalue weighted by molar-refractivity contribution is 14.1. The van der Waals surface area contributed by atoms with Crippen molar-refractivity contribution in [1.82, 2.24) is 9.97 Å². The zero-order valence-electron chi connectivity index (χ0n) is 11.0. The highest BCUT2D eigenvalue weighted by Crippen LogP contribution is 2.34. The molecule has 0 bridgehead atoms. The van der Waals surface area contributed by atoms with Gasteiger partial charge in [-0.05, 0) is 47.7 Å². The molecular weight excluding hydrogens is 385 g/mol. The van der Waals surface area contributed by atoms with Crippen LogP contribution in [-0.2, 0) is 0 Å². The lowest BCUT2D eigenvalue weighted by molar-refractivity contribution is 0.466.